The largest absolute Gasteiger partial charge is 0.490 e. The van der Waals surface area contributed by atoms with Gasteiger partial charge in [0.05, 0.1) is 5.03 Å². The number of benzene rings is 1. The molecule has 0 bridgehead atoms. The Labute approximate surface area is 130 Å². The van der Waals surface area contributed by atoms with Crippen LogP contribution in [0.3, 0.4) is 0 Å². The highest BCUT2D eigenvalue weighted by Crippen LogP contribution is 2.57. The fourth-order valence-electron chi connectivity index (χ4n) is 4.15. The lowest BCUT2D eigenvalue weighted by Crippen LogP contribution is -2.46. The van der Waals surface area contributed by atoms with E-state index in [2.05, 4.69) is 23.2 Å². The van der Waals surface area contributed by atoms with Crippen molar-refractivity contribution in [1.82, 2.24) is 4.98 Å². The third-order valence-corrected chi connectivity index (χ3v) is 7.45. The lowest BCUT2D eigenvalue weighted by Gasteiger charge is -2.48. The standard InChI is InChI=1S/C16H15NO2S2/c18-16-17-15-14(21-16)12-8-4-1-2-5-9(8)19-10-6-3-7-11(20-15)13(10)12/h1-2,4-5,10-13H,3,6-7H2,(H,17,18)/t10-,11+,12-,13-/m1/s1. The Morgan fingerprint density at radius 1 is 1.24 bits per heavy atom. The van der Waals surface area contributed by atoms with Crippen LogP contribution in [-0.4, -0.2) is 16.3 Å². The van der Waals surface area contributed by atoms with Crippen LogP contribution in [-0.2, 0) is 0 Å². The maximum Gasteiger partial charge on any atom is 0.305 e. The number of para-hydroxylation sites is 1. The zero-order valence-electron chi connectivity index (χ0n) is 11.4. The fraction of sp³-hybridized carbons (Fsp3) is 0.438. The van der Waals surface area contributed by atoms with Crippen molar-refractivity contribution in [2.45, 2.75) is 41.6 Å². The first kappa shape index (κ1) is 12.4. The Hall–Kier alpha value is -1.20. The average Bonchev–Trinajstić information content (AvgIpc) is 2.87. The molecular weight excluding hydrogens is 302 g/mol. The summed E-state index contributed by atoms with van der Waals surface area (Å²) in [6, 6.07) is 8.37. The molecular formula is C16H15NO2S2. The third kappa shape index (κ3) is 1.70. The van der Waals surface area contributed by atoms with Gasteiger partial charge in [-0.3, -0.25) is 4.79 Å². The number of nitrogens with one attached hydrogen (secondary N) is 1. The Bertz CT molecular complexity index is 766. The second-order valence-electron chi connectivity index (χ2n) is 6.04. The van der Waals surface area contributed by atoms with Gasteiger partial charge < -0.3 is 9.72 Å². The van der Waals surface area contributed by atoms with Crippen LogP contribution >= 0.6 is 23.1 Å². The van der Waals surface area contributed by atoms with Crippen LogP contribution in [0.5, 0.6) is 5.75 Å². The molecule has 5 heteroatoms. The van der Waals surface area contributed by atoms with Crippen molar-refractivity contribution in [3.8, 4) is 5.75 Å². The number of hydrogen-bond acceptors (Lipinski definition) is 4. The molecule has 1 fully saturated rings. The van der Waals surface area contributed by atoms with E-state index in [1.165, 1.54) is 34.6 Å². The number of aromatic amines is 1. The molecule has 2 aliphatic heterocycles. The number of rotatable bonds is 0. The van der Waals surface area contributed by atoms with Gasteiger partial charge in [0.1, 0.15) is 11.9 Å². The summed E-state index contributed by atoms with van der Waals surface area (Å²) in [6.07, 6.45) is 3.89. The van der Waals surface area contributed by atoms with E-state index in [0.717, 1.165) is 17.2 Å². The molecule has 4 atom stereocenters. The molecule has 0 unspecified atom stereocenters. The molecule has 21 heavy (non-hydrogen) atoms. The smallest absolute Gasteiger partial charge is 0.305 e. The summed E-state index contributed by atoms with van der Waals surface area (Å²) >= 11 is 3.26. The minimum atomic E-state index is 0.0756. The monoisotopic (exact) mass is 317 g/mol. The van der Waals surface area contributed by atoms with Gasteiger partial charge >= 0.3 is 4.87 Å². The van der Waals surface area contributed by atoms with E-state index in [1.807, 2.05) is 17.8 Å². The van der Waals surface area contributed by atoms with Crippen LogP contribution in [0.25, 0.3) is 0 Å². The molecule has 1 aliphatic carbocycles. The van der Waals surface area contributed by atoms with Crippen LogP contribution in [0.2, 0.25) is 0 Å². The third-order valence-electron chi connectivity index (χ3n) is 4.95. The van der Waals surface area contributed by atoms with Gasteiger partial charge in [0.25, 0.3) is 0 Å². The zero-order valence-corrected chi connectivity index (χ0v) is 13.0. The average molecular weight is 317 g/mol. The molecule has 108 valence electrons. The first-order valence-corrected chi connectivity index (χ1v) is 9.16. The van der Waals surface area contributed by atoms with Crippen LogP contribution in [0.4, 0.5) is 0 Å². The molecule has 1 N–H and O–H groups in total. The highest BCUT2D eigenvalue weighted by molar-refractivity contribution is 8.00. The number of thiazole rings is 1. The summed E-state index contributed by atoms with van der Waals surface area (Å²) in [5.41, 5.74) is 1.27. The normalized spacial score (nSPS) is 32.6. The van der Waals surface area contributed by atoms with Crippen LogP contribution in [0.1, 0.15) is 35.6 Å². The number of thioether (sulfide) groups is 1. The highest BCUT2D eigenvalue weighted by atomic mass is 32.2. The summed E-state index contributed by atoms with van der Waals surface area (Å²) in [5.74, 6) is 1.87. The van der Waals surface area contributed by atoms with Crippen LogP contribution in [0, 0.1) is 5.92 Å². The van der Waals surface area contributed by atoms with Gasteiger partial charge in [-0.2, -0.15) is 0 Å². The lowest BCUT2D eigenvalue weighted by molar-refractivity contribution is 0.0666. The summed E-state index contributed by atoms with van der Waals surface area (Å²) in [5, 5.41) is 1.67. The van der Waals surface area contributed by atoms with Crippen molar-refractivity contribution in [3.05, 3.63) is 44.4 Å². The van der Waals surface area contributed by atoms with E-state index in [-0.39, 0.29) is 4.87 Å². The van der Waals surface area contributed by atoms with Gasteiger partial charge in [-0.15, -0.1) is 11.8 Å². The maximum absolute atomic E-state index is 11.9. The van der Waals surface area contributed by atoms with Crippen molar-refractivity contribution in [1.29, 1.82) is 0 Å². The zero-order chi connectivity index (χ0) is 14.0. The number of H-pyrrole nitrogens is 1. The van der Waals surface area contributed by atoms with Crippen molar-refractivity contribution in [3.63, 3.8) is 0 Å². The van der Waals surface area contributed by atoms with E-state index in [0.29, 0.717) is 23.2 Å². The fourth-order valence-corrected chi connectivity index (χ4v) is 6.86. The van der Waals surface area contributed by atoms with Crippen LogP contribution < -0.4 is 9.61 Å². The molecule has 3 heterocycles. The summed E-state index contributed by atoms with van der Waals surface area (Å²) < 4.78 is 6.30. The van der Waals surface area contributed by atoms with Gasteiger partial charge in [0, 0.05) is 27.5 Å². The second kappa shape index (κ2) is 4.40. The van der Waals surface area contributed by atoms with Crippen LogP contribution in [0.15, 0.2) is 34.1 Å². The van der Waals surface area contributed by atoms with E-state index in [4.69, 9.17) is 4.74 Å². The number of fused-ring (bicyclic) bond motifs is 4. The van der Waals surface area contributed by atoms with Gasteiger partial charge in [-0.25, -0.2) is 0 Å². The molecule has 1 aromatic heterocycles. The molecule has 1 saturated carbocycles. The predicted octanol–water partition coefficient (Wildman–Crippen LogP) is 3.60. The molecule has 0 amide bonds. The van der Waals surface area contributed by atoms with Crippen molar-refractivity contribution >= 4 is 23.1 Å². The SMILES string of the molecule is O=c1[nH]c2c(s1)[C@@H]1c3ccccc3O[C@@H]3CCC[C@H](S2)[C@H]13. The van der Waals surface area contributed by atoms with Gasteiger partial charge in [0.2, 0.25) is 0 Å². The molecule has 1 aromatic carbocycles. The van der Waals surface area contributed by atoms with Gasteiger partial charge in [-0.05, 0) is 25.3 Å². The molecule has 5 rings (SSSR count). The van der Waals surface area contributed by atoms with Gasteiger partial charge in [0.15, 0.2) is 0 Å². The summed E-state index contributed by atoms with van der Waals surface area (Å²) in [4.78, 5) is 16.2. The van der Waals surface area contributed by atoms with E-state index in [1.54, 1.807) is 0 Å². The van der Waals surface area contributed by atoms with E-state index >= 15 is 0 Å². The predicted molar refractivity (Wildman–Crippen MR) is 84.6 cm³/mol. The van der Waals surface area contributed by atoms with Gasteiger partial charge in [-0.1, -0.05) is 29.5 Å². The number of aromatic nitrogens is 1. The van der Waals surface area contributed by atoms with E-state index < -0.39 is 0 Å². The molecule has 0 radical (unpaired) electrons. The molecule has 2 aromatic rings. The molecule has 3 nitrogen and oxygen atoms in total. The number of ether oxygens (including phenoxy) is 1. The second-order valence-corrected chi connectivity index (χ2v) is 8.31. The Kier molecular flexibility index (Phi) is 2.59. The minimum Gasteiger partial charge on any atom is -0.490 e. The highest BCUT2D eigenvalue weighted by Gasteiger charge is 2.50. The van der Waals surface area contributed by atoms with Crippen molar-refractivity contribution in [2.75, 3.05) is 0 Å². The molecule has 0 spiro atoms. The Morgan fingerprint density at radius 2 is 2.14 bits per heavy atom. The molecule has 0 saturated heterocycles. The topological polar surface area (TPSA) is 42.1 Å². The quantitative estimate of drug-likeness (QED) is 0.807. The summed E-state index contributed by atoms with van der Waals surface area (Å²) in [7, 11) is 0. The number of hydrogen-bond donors (Lipinski definition) is 1. The first-order valence-electron chi connectivity index (χ1n) is 7.46. The maximum atomic E-state index is 11.9. The van der Waals surface area contributed by atoms with Crippen molar-refractivity contribution < 1.29 is 4.74 Å². The molecule has 3 aliphatic rings. The lowest BCUT2D eigenvalue weighted by atomic mass is 9.72. The van der Waals surface area contributed by atoms with E-state index in [9.17, 15) is 4.79 Å². The Balaban J connectivity index is 1.77. The van der Waals surface area contributed by atoms with Crippen molar-refractivity contribution in [2.24, 2.45) is 5.92 Å². The summed E-state index contributed by atoms with van der Waals surface area (Å²) in [6.45, 7) is 0. The first-order chi connectivity index (χ1) is 10.3. The Morgan fingerprint density at radius 3 is 3.10 bits per heavy atom. The minimum absolute atomic E-state index is 0.0756.